The maximum Gasteiger partial charge on any atom is 0.265 e. The van der Waals surface area contributed by atoms with E-state index in [1.165, 1.54) is 11.3 Å². The molecule has 1 unspecified atom stereocenters. The number of halogens is 4. The minimum absolute atomic E-state index is 0. The largest absolute Gasteiger partial charge is 0.338 e. The molecule has 1 fully saturated rings. The van der Waals surface area contributed by atoms with Gasteiger partial charge in [-0.3, -0.25) is 4.79 Å². The van der Waals surface area contributed by atoms with E-state index < -0.39 is 0 Å². The summed E-state index contributed by atoms with van der Waals surface area (Å²) in [6.07, 6.45) is 1.02. The summed E-state index contributed by atoms with van der Waals surface area (Å²) >= 11 is 20.0. The number of nitrogens with one attached hydrogen (secondary N) is 1. The molecule has 126 valence electrons. The van der Waals surface area contributed by atoms with E-state index in [0.29, 0.717) is 31.2 Å². The molecule has 23 heavy (non-hydrogen) atoms. The van der Waals surface area contributed by atoms with E-state index in [1.54, 1.807) is 12.1 Å². The minimum Gasteiger partial charge on any atom is -0.338 e. The predicted octanol–water partition coefficient (Wildman–Crippen LogP) is 4.96. The highest BCUT2D eigenvalue weighted by atomic mass is 35.5. The maximum absolute atomic E-state index is 12.7. The molecule has 1 aliphatic heterocycles. The monoisotopic (exact) mass is 412 g/mol. The zero-order chi connectivity index (χ0) is 15.9. The van der Waals surface area contributed by atoms with Crippen LogP contribution >= 0.6 is 58.5 Å². The number of carbonyl (C=O) groups is 1. The predicted molar refractivity (Wildman–Crippen MR) is 102 cm³/mol. The number of thiophene rings is 1. The van der Waals surface area contributed by atoms with Crippen molar-refractivity contribution in [1.82, 2.24) is 10.2 Å². The Morgan fingerprint density at radius 1 is 1.39 bits per heavy atom. The van der Waals surface area contributed by atoms with Crippen LogP contribution in [0.15, 0.2) is 12.1 Å². The van der Waals surface area contributed by atoms with Gasteiger partial charge >= 0.3 is 0 Å². The highest BCUT2D eigenvalue weighted by Crippen LogP contribution is 2.42. The summed E-state index contributed by atoms with van der Waals surface area (Å²) in [6.45, 7) is 2.45. The van der Waals surface area contributed by atoms with Gasteiger partial charge in [-0.05, 0) is 38.1 Å². The van der Waals surface area contributed by atoms with Crippen molar-refractivity contribution < 1.29 is 4.79 Å². The van der Waals surface area contributed by atoms with E-state index in [2.05, 4.69) is 5.32 Å². The fraction of sp³-hybridized carbons (Fsp3) is 0.400. The van der Waals surface area contributed by atoms with E-state index in [0.717, 1.165) is 30.8 Å². The fourth-order valence-electron chi connectivity index (χ4n) is 2.87. The van der Waals surface area contributed by atoms with E-state index >= 15 is 0 Å². The molecule has 1 N–H and O–H groups in total. The Labute approximate surface area is 160 Å². The molecule has 1 aliphatic rings. The number of carbonyl (C=O) groups excluding carboxylic acids is 1. The Morgan fingerprint density at radius 2 is 2.13 bits per heavy atom. The van der Waals surface area contributed by atoms with Gasteiger partial charge in [-0.25, -0.2) is 0 Å². The maximum atomic E-state index is 12.7. The van der Waals surface area contributed by atoms with Crippen LogP contribution in [0.5, 0.6) is 0 Å². The van der Waals surface area contributed by atoms with Gasteiger partial charge in [0.1, 0.15) is 4.88 Å². The van der Waals surface area contributed by atoms with Crippen molar-refractivity contribution in [2.45, 2.75) is 6.42 Å². The summed E-state index contributed by atoms with van der Waals surface area (Å²) in [7, 11) is 1.93. The van der Waals surface area contributed by atoms with Crippen molar-refractivity contribution in [3.05, 3.63) is 32.1 Å². The number of nitrogens with zero attached hydrogens (tertiary/aromatic N) is 1. The average Bonchev–Trinajstić information content (AvgIpc) is 3.03. The minimum atomic E-state index is -0.0167. The summed E-state index contributed by atoms with van der Waals surface area (Å²) in [5.41, 5.74) is 0. The van der Waals surface area contributed by atoms with Gasteiger partial charge in [0.05, 0.1) is 10.0 Å². The summed E-state index contributed by atoms with van der Waals surface area (Å²) in [4.78, 5) is 15.2. The molecule has 3 nitrogen and oxygen atoms in total. The number of benzene rings is 1. The van der Waals surface area contributed by atoms with Crippen LogP contribution in [-0.2, 0) is 0 Å². The Hall–Kier alpha value is -0.230. The molecule has 8 heteroatoms. The molecular weight excluding hydrogens is 398 g/mol. The number of likely N-dealkylation sites (tertiary alicyclic amines) is 1. The highest BCUT2D eigenvalue weighted by molar-refractivity contribution is 7.21. The smallest absolute Gasteiger partial charge is 0.265 e. The Kier molecular flexibility index (Phi) is 6.45. The lowest BCUT2D eigenvalue weighted by atomic mass is 10.1. The molecule has 1 saturated heterocycles. The van der Waals surface area contributed by atoms with Gasteiger partial charge in [-0.2, -0.15) is 0 Å². The molecule has 1 aromatic carbocycles. The molecule has 3 rings (SSSR count). The summed E-state index contributed by atoms with van der Waals surface area (Å²) < 4.78 is 0.844. The lowest BCUT2D eigenvalue weighted by Crippen LogP contribution is -2.29. The van der Waals surface area contributed by atoms with Gasteiger partial charge < -0.3 is 10.2 Å². The van der Waals surface area contributed by atoms with Gasteiger partial charge in [0.15, 0.2) is 0 Å². The lowest BCUT2D eigenvalue weighted by Gasteiger charge is -2.15. The molecule has 0 aliphatic carbocycles. The Balaban J connectivity index is 0.00000192. The van der Waals surface area contributed by atoms with Crippen LogP contribution < -0.4 is 5.32 Å². The highest BCUT2D eigenvalue weighted by Gasteiger charge is 2.29. The Morgan fingerprint density at radius 3 is 2.83 bits per heavy atom. The first-order chi connectivity index (χ1) is 10.5. The van der Waals surface area contributed by atoms with E-state index in [1.807, 2.05) is 11.9 Å². The number of hydrogen-bond donors (Lipinski definition) is 1. The first-order valence-corrected chi connectivity index (χ1v) is 8.97. The normalized spacial score (nSPS) is 17.6. The van der Waals surface area contributed by atoms with Gasteiger partial charge in [0.2, 0.25) is 0 Å². The van der Waals surface area contributed by atoms with Crippen molar-refractivity contribution >= 4 is 74.5 Å². The molecule has 2 heterocycles. The SMILES string of the molecule is CNCC1CCN(C(=O)c2sc3cc(Cl)cc(Cl)c3c2Cl)C1.Cl. The van der Waals surface area contributed by atoms with Crippen LogP contribution in [0.3, 0.4) is 0 Å². The summed E-state index contributed by atoms with van der Waals surface area (Å²) in [5.74, 6) is 0.483. The van der Waals surface area contributed by atoms with Crippen LogP contribution in [0.1, 0.15) is 16.1 Å². The zero-order valence-electron chi connectivity index (χ0n) is 12.4. The topological polar surface area (TPSA) is 32.3 Å². The number of rotatable bonds is 3. The second kappa shape index (κ2) is 7.77. The second-order valence-corrected chi connectivity index (χ2v) is 7.74. The van der Waals surface area contributed by atoms with Crippen LogP contribution in [0, 0.1) is 5.92 Å². The molecule has 1 amide bonds. The van der Waals surface area contributed by atoms with Crippen molar-refractivity contribution in [3.8, 4) is 0 Å². The lowest BCUT2D eigenvalue weighted by molar-refractivity contribution is 0.0792. The van der Waals surface area contributed by atoms with Crippen LogP contribution in [0.25, 0.3) is 10.1 Å². The van der Waals surface area contributed by atoms with E-state index in [4.69, 9.17) is 34.8 Å². The molecule has 2 aromatic rings. The molecule has 0 spiro atoms. The van der Waals surface area contributed by atoms with Gasteiger partial charge in [0, 0.05) is 28.2 Å². The van der Waals surface area contributed by atoms with Gasteiger partial charge in [-0.1, -0.05) is 34.8 Å². The molecule has 1 atom stereocenters. The van der Waals surface area contributed by atoms with Crippen molar-refractivity contribution in [1.29, 1.82) is 0 Å². The fourth-order valence-corrected chi connectivity index (χ4v) is 5.21. The zero-order valence-corrected chi connectivity index (χ0v) is 16.3. The van der Waals surface area contributed by atoms with Crippen LogP contribution in [0.4, 0.5) is 0 Å². The quantitative estimate of drug-likeness (QED) is 0.770. The van der Waals surface area contributed by atoms with Gasteiger partial charge in [0.25, 0.3) is 5.91 Å². The van der Waals surface area contributed by atoms with Crippen LogP contribution in [0.2, 0.25) is 15.1 Å². The Bertz CT molecular complexity index is 734. The summed E-state index contributed by atoms with van der Waals surface area (Å²) in [5, 5.41) is 5.34. The molecule has 0 saturated carbocycles. The standard InChI is InChI=1S/C15H15Cl3N2OS.ClH/c1-19-6-8-2-3-20(7-8)15(21)14-13(18)12-10(17)4-9(16)5-11(12)22-14;/h4-5,8,19H,2-3,6-7H2,1H3;1H. The number of amides is 1. The van der Waals surface area contributed by atoms with E-state index in [-0.39, 0.29) is 18.3 Å². The molecular formula is C15H16Cl4N2OS. The summed E-state index contributed by atoms with van der Waals surface area (Å²) in [6, 6.07) is 3.45. The average molecular weight is 414 g/mol. The number of hydrogen-bond acceptors (Lipinski definition) is 3. The first-order valence-electron chi connectivity index (χ1n) is 7.02. The van der Waals surface area contributed by atoms with Crippen molar-refractivity contribution in [2.75, 3.05) is 26.7 Å². The molecule has 1 aromatic heterocycles. The third-order valence-corrected chi connectivity index (χ3v) is 6.04. The van der Waals surface area contributed by atoms with Crippen molar-refractivity contribution in [2.24, 2.45) is 5.92 Å². The van der Waals surface area contributed by atoms with Crippen molar-refractivity contribution in [3.63, 3.8) is 0 Å². The first kappa shape index (κ1) is 19.1. The van der Waals surface area contributed by atoms with E-state index in [9.17, 15) is 4.79 Å². The third kappa shape index (κ3) is 3.73. The molecule has 0 bridgehead atoms. The molecule has 0 radical (unpaired) electrons. The number of fused-ring (bicyclic) bond motifs is 1. The van der Waals surface area contributed by atoms with Gasteiger partial charge in [-0.15, -0.1) is 23.7 Å². The van der Waals surface area contributed by atoms with Crippen LogP contribution in [-0.4, -0.2) is 37.5 Å². The third-order valence-electron chi connectivity index (χ3n) is 3.91. The second-order valence-electron chi connectivity index (χ2n) is 5.47.